The van der Waals surface area contributed by atoms with E-state index < -0.39 is 5.91 Å². The Morgan fingerprint density at radius 2 is 2.21 bits per heavy atom. The lowest BCUT2D eigenvalue weighted by Gasteiger charge is -2.32. The number of anilines is 1. The van der Waals surface area contributed by atoms with Crippen molar-refractivity contribution in [2.24, 2.45) is 17.4 Å². The number of hydrogen-bond donors (Lipinski definition) is 2. The first-order valence-corrected chi connectivity index (χ1v) is 6.94. The van der Waals surface area contributed by atoms with Crippen LogP contribution in [-0.2, 0) is 0 Å². The van der Waals surface area contributed by atoms with Crippen LogP contribution in [0.25, 0.3) is 0 Å². The van der Waals surface area contributed by atoms with Crippen LogP contribution in [0, 0.1) is 5.92 Å². The van der Waals surface area contributed by atoms with Gasteiger partial charge < -0.3 is 16.4 Å². The molecule has 1 aromatic carbocycles. The molecule has 2 unspecified atom stereocenters. The van der Waals surface area contributed by atoms with Crippen molar-refractivity contribution in [2.75, 3.05) is 18.5 Å². The van der Waals surface area contributed by atoms with Gasteiger partial charge in [-0.05, 0) is 43.5 Å². The third kappa shape index (κ3) is 2.85. The van der Waals surface area contributed by atoms with Crippen LogP contribution in [0.4, 0.5) is 5.69 Å². The molecule has 2 rings (SSSR count). The van der Waals surface area contributed by atoms with Crippen LogP contribution < -0.4 is 16.4 Å². The molecule has 1 saturated carbocycles. The molecule has 104 valence electrons. The molecule has 1 fully saturated rings. The largest absolute Gasteiger partial charge is 0.371 e. The fourth-order valence-corrected chi connectivity index (χ4v) is 3.15. The van der Waals surface area contributed by atoms with E-state index in [9.17, 15) is 4.79 Å². The van der Waals surface area contributed by atoms with E-state index in [2.05, 4.69) is 4.90 Å². The molecule has 4 nitrogen and oxygen atoms in total. The van der Waals surface area contributed by atoms with Gasteiger partial charge in [-0.25, -0.2) is 0 Å². The van der Waals surface area contributed by atoms with E-state index in [0.717, 1.165) is 18.5 Å². The third-order valence-electron chi connectivity index (χ3n) is 4.02. The maximum Gasteiger partial charge on any atom is 0.250 e. The number of primary amides is 1. The summed E-state index contributed by atoms with van der Waals surface area (Å²) in [5.74, 6) is 0.0329. The minimum absolute atomic E-state index is 0.349. The molecule has 1 aliphatic carbocycles. The summed E-state index contributed by atoms with van der Waals surface area (Å²) in [7, 11) is 1.98. The van der Waals surface area contributed by atoms with Gasteiger partial charge in [0.05, 0.1) is 11.3 Å². The van der Waals surface area contributed by atoms with E-state index in [4.69, 9.17) is 23.1 Å². The molecule has 0 saturated heterocycles. The molecule has 1 aliphatic rings. The number of amides is 1. The van der Waals surface area contributed by atoms with E-state index in [1.807, 2.05) is 7.05 Å². The van der Waals surface area contributed by atoms with Gasteiger partial charge in [0.1, 0.15) is 0 Å². The Labute approximate surface area is 118 Å². The fourth-order valence-electron chi connectivity index (χ4n) is 2.99. The maximum absolute atomic E-state index is 11.5. The van der Waals surface area contributed by atoms with Gasteiger partial charge >= 0.3 is 0 Å². The van der Waals surface area contributed by atoms with E-state index in [1.54, 1.807) is 18.2 Å². The quantitative estimate of drug-likeness (QED) is 0.887. The highest BCUT2D eigenvalue weighted by atomic mass is 35.5. The number of hydrogen-bond acceptors (Lipinski definition) is 3. The Hall–Kier alpha value is -1.26. The van der Waals surface area contributed by atoms with Gasteiger partial charge in [-0.15, -0.1) is 0 Å². The lowest BCUT2D eigenvalue weighted by atomic mass is 10.0. The second-order valence-electron chi connectivity index (χ2n) is 5.13. The number of nitrogens with two attached hydrogens (primary N) is 2. The van der Waals surface area contributed by atoms with Crippen LogP contribution in [0.3, 0.4) is 0 Å². The zero-order chi connectivity index (χ0) is 14.0. The van der Waals surface area contributed by atoms with Gasteiger partial charge in [0.15, 0.2) is 0 Å². The topological polar surface area (TPSA) is 72.3 Å². The summed E-state index contributed by atoms with van der Waals surface area (Å²) < 4.78 is 0. The third-order valence-corrected chi connectivity index (χ3v) is 4.26. The highest BCUT2D eigenvalue weighted by Gasteiger charge is 2.30. The predicted molar refractivity (Wildman–Crippen MR) is 78.6 cm³/mol. The highest BCUT2D eigenvalue weighted by molar-refractivity contribution is 6.31. The Morgan fingerprint density at radius 3 is 2.84 bits per heavy atom. The molecular formula is C14H20ClN3O. The summed E-state index contributed by atoms with van der Waals surface area (Å²) in [5.41, 5.74) is 12.6. The average molecular weight is 282 g/mol. The molecule has 0 heterocycles. The first-order valence-electron chi connectivity index (χ1n) is 6.57. The highest BCUT2D eigenvalue weighted by Crippen LogP contribution is 2.34. The minimum Gasteiger partial charge on any atom is -0.371 e. The lowest BCUT2D eigenvalue weighted by Crippen LogP contribution is -2.38. The number of benzene rings is 1. The Morgan fingerprint density at radius 1 is 1.47 bits per heavy atom. The molecule has 5 heteroatoms. The van der Waals surface area contributed by atoms with Crippen LogP contribution in [0.2, 0.25) is 5.02 Å². The van der Waals surface area contributed by atoms with Gasteiger partial charge in [0.25, 0.3) is 5.91 Å². The molecule has 2 atom stereocenters. The summed E-state index contributed by atoms with van der Waals surface area (Å²) in [5, 5.41) is 0.606. The lowest BCUT2D eigenvalue weighted by molar-refractivity contribution is 0.100. The smallest absolute Gasteiger partial charge is 0.250 e. The SMILES string of the molecule is CN(c1cc(Cl)ccc1C(N)=O)C1CCCC1CN. The number of rotatable bonds is 4. The van der Waals surface area contributed by atoms with Crippen molar-refractivity contribution >= 4 is 23.2 Å². The van der Waals surface area contributed by atoms with Crippen molar-refractivity contribution in [1.82, 2.24) is 0 Å². The van der Waals surface area contributed by atoms with Gasteiger partial charge in [-0.3, -0.25) is 4.79 Å². The van der Waals surface area contributed by atoms with Gasteiger partial charge in [0.2, 0.25) is 0 Å². The zero-order valence-corrected chi connectivity index (χ0v) is 11.9. The molecule has 1 aromatic rings. The summed E-state index contributed by atoms with van der Waals surface area (Å²) in [6, 6.07) is 5.52. The zero-order valence-electron chi connectivity index (χ0n) is 11.1. The molecule has 0 aliphatic heterocycles. The van der Waals surface area contributed by atoms with Crippen molar-refractivity contribution < 1.29 is 4.79 Å². The van der Waals surface area contributed by atoms with Crippen LogP contribution in [0.1, 0.15) is 29.6 Å². The van der Waals surface area contributed by atoms with Crippen LogP contribution in [-0.4, -0.2) is 25.5 Å². The summed E-state index contributed by atoms with van der Waals surface area (Å²) >= 11 is 6.04. The fraction of sp³-hybridized carbons (Fsp3) is 0.500. The maximum atomic E-state index is 11.5. The number of carbonyl (C=O) groups is 1. The van der Waals surface area contributed by atoms with Gasteiger partial charge in [0, 0.05) is 18.1 Å². The minimum atomic E-state index is -0.430. The first-order chi connectivity index (χ1) is 9.04. The van der Waals surface area contributed by atoms with Gasteiger partial charge in [-0.2, -0.15) is 0 Å². The predicted octanol–water partition coefficient (Wildman–Crippen LogP) is 2.00. The van der Waals surface area contributed by atoms with Crippen LogP contribution in [0.5, 0.6) is 0 Å². The molecule has 4 N–H and O–H groups in total. The first kappa shape index (κ1) is 14.2. The molecule has 0 bridgehead atoms. The number of carbonyl (C=O) groups excluding carboxylic acids is 1. The Kier molecular flexibility index (Phi) is 4.32. The summed E-state index contributed by atoms with van der Waals surface area (Å²) in [6.45, 7) is 0.668. The Bertz CT molecular complexity index is 478. The van der Waals surface area contributed by atoms with Crippen molar-refractivity contribution in [3.05, 3.63) is 28.8 Å². The van der Waals surface area contributed by atoms with Crippen molar-refractivity contribution in [3.63, 3.8) is 0 Å². The average Bonchev–Trinajstić information content (AvgIpc) is 2.85. The second-order valence-corrected chi connectivity index (χ2v) is 5.57. The molecule has 1 amide bonds. The Balaban J connectivity index is 2.34. The van der Waals surface area contributed by atoms with Crippen LogP contribution >= 0.6 is 11.6 Å². The summed E-state index contributed by atoms with van der Waals surface area (Å²) in [6.07, 6.45) is 3.39. The van der Waals surface area contributed by atoms with Crippen molar-refractivity contribution in [3.8, 4) is 0 Å². The molecule has 19 heavy (non-hydrogen) atoms. The van der Waals surface area contributed by atoms with Crippen molar-refractivity contribution in [1.29, 1.82) is 0 Å². The molecule has 0 spiro atoms. The van der Waals surface area contributed by atoms with E-state index in [1.165, 1.54) is 6.42 Å². The van der Waals surface area contributed by atoms with Crippen LogP contribution in [0.15, 0.2) is 18.2 Å². The normalized spacial score (nSPS) is 22.5. The second kappa shape index (κ2) is 5.80. The standard InChI is InChI=1S/C14H20ClN3O/c1-18(12-4-2-3-9(12)8-16)13-7-10(15)5-6-11(13)14(17)19/h5-7,9,12H,2-4,8,16H2,1H3,(H2,17,19). The van der Waals surface area contributed by atoms with E-state index in [-0.39, 0.29) is 0 Å². The summed E-state index contributed by atoms with van der Waals surface area (Å²) in [4.78, 5) is 13.6. The molecule has 0 radical (unpaired) electrons. The number of halogens is 1. The monoisotopic (exact) mass is 281 g/mol. The van der Waals surface area contributed by atoms with E-state index in [0.29, 0.717) is 29.1 Å². The van der Waals surface area contributed by atoms with Gasteiger partial charge in [-0.1, -0.05) is 18.0 Å². The molecular weight excluding hydrogens is 262 g/mol. The van der Waals surface area contributed by atoms with Crippen molar-refractivity contribution in [2.45, 2.75) is 25.3 Å². The molecule has 0 aromatic heterocycles. The number of nitrogens with zero attached hydrogens (tertiary/aromatic N) is 1. The van der Waals surface area contributed by atoms with E-state index >= 15 is 0 Å².